The van der Waals surface area contributed by atoms with Gasteiger partial charge in [0.05, 0.1) is 17.9 Å². The minimum Gasteiger partial charge on any atom is -0.493 e. The third-order valence-corrected chi connectivity index (χ3v) is 5.73. The minimum atomic E-state index is 0.0568. The van der Waals surface area contributed by atoms with Crippen LogP contribution in [0.4, 0.5) is 0 Å². The van der Waals surface area contributed by atoms with Crippen LogP contribution < -0.4 is 10.1 Å². The highest BCUT2D eigenvalue weighted by Crippen LogP contribution is 2.31. The molecule has 1 amide bonds. The van der Waals surface area contributed by atoms with Crippen LogP contribution in [-0.4, -0.2) is 39.1 Å². The lowest BCUT2D eigenvalue weighted by Gasteiger charge is -2.22. The van der Waals surface area contributed by atoms with E-state index in [4.69, 9.17) is 4.74 Å². The summed E-state index contributed by atoms with van der Waals surface area (Å²) >= 11 is 1.41. The third-order valence-electron chi connectivity index (χ3n) is 4.76. The van der Waals surface area contributed by atoms with E-state index < -0.39 is 0 Å². The maximum atomic E-state index is 12.3. The number of nitrogens with one attached hydrogen (secondary N) is 1. The number of hydrogen-bond acceptors (Lipinski definition) is 5. The molecule has 0 spiro atoms. The van der Waals surface area contributed by atoms with Crippen molar-refractivity contribution in [2.75, 3.05) is 12.4 Å². The van der Waals surface area contributed by atoms with E-state index in [1.54, 1.807) is 0 Å². The van der Waals surface area contributed by atoms with Gasteiger partial charge in [0.15, 0.2) is 11.0 Å². The molecule has 0 unspecified atom stereocenters. The van der Waals surface area contributed by atoms with E-state index in [1.165, 1.54) is 31.0 Å². The van der Waals surface area contributed by atoms with Gasteiger partial charge >= 0.3 is 0 Å². The van der Waals surface area contributed by atoms with Crippen molar-refractivity contribution in [3.05, 3.63) is 36.9 Å². The molecule has 1 saturated carbocycles. The number of ether oxygens (including phenoxy) is 1. The summed E-state index contributed by atoms with van der Waals surface area (Å²) in [6.07, 6.45) is 7.66. The molecule has 0 saturated heterocycles. The minimum absolute atomic E-state index is 0.0568. The molecule has 28 heavy (non-hydrogen) atoms. The van der Waals surface area contributed by atoms with Crippen LogP contribution in [0.5, 0.6) is 5.75 Å². The zero-order valence-corrected chi connectivity index (χ0v) is 17.2. The molecule has 1 aliphatic carbocycles. The molecule has 0 radical (unpaired) electrons. The average molecular weight is 401 g/mol. The first kappa shape index (κ1) is 20.5. The summed E-state index contributed by atoms with van der Waals surface area (Å²) < 4.78 is 7.71. The first-order valence-corrected chi connectivity index (χ1v) is 10.9. The SMILES string of the molecule is C=CCn1c(SCC(=O)NC2CCCCC2)nnc1-c1ccccc1OCC. The second-order valence-electron chi connectivity index (χ2n) is 6.83. The first-order valence-electron chi connectivity index (χ1n) is 9.91. The second kappa shape index (κ2) is 10.3. The van der Waals surface area contributed by atoms with Gasteiger partial charge in [0, 0.05) is 12.6 Å². The van der Waals surface area contributed by atoms with Crippen LogP contribution in [0, 0.1) is 0 Å². The molecule has 1 aliphatic rings. The molecule has 1 fully saturated rings. The Balaban J connectivity index is 1.72. The molecule has 1 aromatic heterocycles. The van der Waals surface area contributed by atoms with Crippen LogP contribution in [0.1, 0.15) is 39.0 Å². The van der Waals surface area contributed by atoms with Gasteiger partial charge in [0.25, 0.3) is 0 Å². The van der Waals surface area contributed by atoms with Gasteiger partial charge in [-0.2, -0.15) is 0 Å². The zero-order chi connectivity index (χ0) is 19.8. The number of carbonyl (C=O) groups excluding carboxylic acids is 1. The predicted molar refractivity (Wildman–Crippen MR) is 113 cm³/mol. The Morgan fingerprint density at radius 3 is 2.86 bits per heavy atom. The van der Waals surface area contributed by atoms with Gasteiger partial charge in [-0.25, -0.2) is 0 Å². The van der Waals surface area contributed by atoms with Crippen molar-refractivity contribution in [3.8, 4) is 17.1 Å². The predicted octanol–water partition coefficient (Wildman–Crippen LogP) is 4.07. The Labute approximate surface area is 170 Å². The van der Waals surface area contributed by atoms with Gasteiger partial charge in [0.2, 0.25) is 5.91 Å². The fourth-order valence-electron chi connectivity index (χ4n) is 3.47. The number of hydrogen-bond donors (Lipinski definition) is 1. The lowest BCUT2D eigenvalue weighted by Crippen LogP contribution is -2.37. The molecule has 1 heterocycles. The molecular weight excluding hydrogens is 372 g/mol. The molecule has 150 valence electrons. The van der Waals surface area contributed by atoms with E-state index in [9.17, 15) is 4.79 Å². The van der Waals surface area contributed by atoms with Gasteiger partial charge < -0.3 is 10.1 Å². The Kier molecular flexibility index (Phi) is 7.54. The molecule has 0 bridgehead atoms. The van der Waals surface area contributed by atoms with Crippen molar-refractivity contribution in [2.45, 2.75) is 56.8 Å². The van der Waals surface area contributed by atoms with Crippen LogP contribution in [0.25, 0.3) is 11.4 Å². The summed E-state index contributed by atoms with van der Waals surface area (Å²) in [5.41, 5.74) is 0.886. The summed E-state index contributed by atoms with van der Waals surface area (Å²) in [5, 5.41) is 12.6. The summed E-state index contributed by atoms with van der Waals surface area (Å²) in [7, 11) is 0. The Hall–Kier alpha value is -2.28. The van der Waals surface area contributed by atoms with Crippen molar-refractivity contribution in [1.82, 2.24) is 20.1 Å². The molecule has 7 heteroatoms. The number of amides is 1. The maximum Gasteiger partial charge on any atom is 0.230 e. The van der Waals surface area contributed by atoms with E-state index in [2.05, 4.69) is 22.1 Å². The summed E-state index contributed by atoms with van der Waals surface area (Å²) in [5.74, 6) is 1.88. The van der Waals surface area contributed by atoms with Gasteiger partial charge in [-0.1, -0.05) is 49.2 Å². The fourth-order valence-corrected chi connectivity index (χ4v) is 4.23. The van der Waals surface area contributed by atoms with Crippen LogP contribution in [0.2, 0.25) is 0 Å². The molecule has 2 aromatic rings. The summed E-state index contributed by atoms with van der Waals surface area (Å²) in [4.78, 5) is 12.3. The van der Waals surface area contributed by atoms with Crippen molar-refractivity contribution in [1.29, 1.82) is 0 Å². The smallest absolute Gasteiger partial charge is 0.230 e. The second-order valence-corrected chi connectivity index (χ2v) is 7.77. The molecular formula is C21H28N4O2S. The molecule has 6 nitrogen and oxygen atoms in total. The summed E-state index contributed by atoms with van der Waals surface area (Å²) in [6.45, 7) is 6.95. The van der Waals surface area contributed by atoms with E-state index in [1.807, 2.05) is 41.8 Å². The topological polar surface area (TPSA) is 69.0 Å². The Morgan fingerprint density at radius 2 is 2.11 bits per heavy atom. The monoisotopic (exact) mass is 400 g/mol. The number of rotatable bonds is 9. The quantitative estimate of drug-likeness (QED) is 0.508. The van der Waals surface area contributed by atoms with E-state index in [0.717, 1.165) is 30.0 Å². The molecule has 0 atom stereocenters. The Bertz CT molecular complexity index is 799. The highest BCUT2D eigenvalue weighted by Gasteiger charge is 2.19. The van der Waals surface area contributed by atoms with E-state index in [-0.39, 0.29) is 5.91 Å². The molecule has 1 aromatic carbocycles. The lowest BCUT2D eigenvalue weighted by atomic mass is 9.95. The van der Waals surface area contributed by atoms with Gasteiger partial charge in [-0.05, 0) is 31.9 Å². The fraction of sp³-hybridized carbons (Fsp3) is 0.476. The summed E-state index contributed by atoms with van der Waals surface area (Å²) in [6, 6.07) is 8.11. The van der Waals surface area contributed by atoms with Crippen LogP contribution in [0.3, 0.4) is 0 Å². The number of aromatic nitrogens is 3. The number of nitrogens with zero attached hydrogens (tertiary/aromatic N) is 3. The van der Waals surface area contributed by atoms with Gasteiger partial charge in [-0.3, -0.25) is 9.36 Å². The number of thioether (sulfide) groups is 1. The van der Waals surface area contributed by atoms with Crippen LogP contribution in [0.15, 0.2) is 42.1 Å². The largest absolute Gasteiger partial charge is 0.493 e. The number of para-hydroxylation sites is 1. The first-order chi connectivity index (χ1) is 13.7. The van der Waals surface area contributed by atoms with Crippen molar-refractivity contribution < 1.29 is 9.53 Å². The maximum absolute atomic E-state index is 12.3. The van der Waals surface area contributed by atoms with Gasteiger partial charge in [-0.15, -0.1) is 16.8 Å². The zero-order valence-electron chi connectivity index (χ0n) is 16.4. The average Bonchev–Trinajstić information content (AvgIpc) is 3.11. The normalized spacial score (nSPS) is 14.6. The lowest BCUT2D eigenvalue weighted by molar-refractivity contribution is -0.119. The molecule has 1 N–H and O–H groups in total. The van der Waals surface area contributed by atoms with Crippen LogP contribution in [-0.2, 0) is 11.3 Å². The van der Waals surface area contributed by atoms with Crippen molar-refractivity contribution >= 4 is 17.7 Å². The van der Waals surface area contributed by atoms with Crippen molar-refractivity contribution in [2.24, 2.45) is 0 Å². The standard InChI is InChI=1S/C21H28N4O2S/c1-3-14-25-20(17-12-8-9-13-18(17)27-4-2)23-24-21(25)28-15-19(26)22-16-10-6-5-7-11-16/h3,8-9,12-13,16H,1,4-7,10-11,14-15H2,2H3,(H,22,26). The van der Waals surface area contributed by atoms with Gasteiger partial charge in [0.1, 0.15) is 5.75 Å². The molecule has 3 rings (SSSR count). The number of allylic oxidation sites excluding steroid dienone is 1. The van der Waals surface area contributed by atoms with Crippen molar-refractivity contribution in [3.63, 3.8) is 0 Å². The van der Waals surface area contributed by atoms with Crippen LogP contribution >= 0.6 is 11.8 Å². The number of benzene rings is 1. The van der Waals surface area contributed by atoms with E-state index >= 15 is 0 Å². The Morgan fingerprint density at radius 1 is 1.32 bits per heavy atom. The highest BCUT2D eigenvalue weighted by atomic mass is 32.2. The third kappa shape index (κ3) is 5.16. The highest BCUT2D eigenvalue weighted by molar-refractivity contribution is 7.99. The number of carbonyl (C=O) groups is 1. The van der Waals surface area contributed by atoms with E-state index in [0.29, 0.717) is 30.1 Å². The molecule has 0 aliphatic heterocycles.